The van der Waals surface area contributed by atoms with Gasteiger partial charge in [-0.2, -0.15) is 0 Å². The zero-order valence-electron chi connectivity index (χ0n) is 11.9. The molecular weight excluding hydrogens is 278 g/mol. The molecule has 0 aliphatic heterocycles. The third-order valence-corrected chi connectivity index (χ3v) is 4.17. The second-order valence-corrected chi connectivity index (χ2v) is 5.47. The molecule has 5 heteroatoms. The summed E-state index contributed by atoms with van der Waals surface area (Å²) in [5.41, 5.74) is -0.0483. The minimum absolute atomic E-state index is 0.0964. The molecule has 2 rings (SSSR count). The molecule has 1 fully saturated rings. The van der Waals surface area contributed by atoms with E-state index in [-0.39, 0.29) is 5.91 Å². The SMILES string of the molecule is COc1ccc(NC(=O)C2(OC)CCCCC2)cc1Cl. The molecule has 1 saturated carbocycles. The number of methoxy groups -OCH3 is 2. The minimum Gasteiger partial charge on any atom is -0.495 e. The fourth-order valence-electron chi connectivity index (χ4n) is 2.64. The molecule has 0 unspecified atom stereocenters. The fraction of sp³-hybridized carbons (Fsp3) is 0.533. The molecule has 0 radical (unpaired) electrons. The molecule has 0 atom stereocenters. The summed E-state index contributed by atoms with van der Waals surface area (Å²) >= 11 is 6.06. The minimum atomic E-state index is -0.704. The average molecular weight is 298 g/mol. The van der Waals surface area contributed by atoms with Gasteiger partial charge in [-0.15, -0.1) is 0 Å². The predicted molar refractivity (Wildman–Crippen MR) is 79.5 cm³/mol. The molecule has 1 N–H and O–H groups in total. The van der Waals surface area contributed by atoms with Crippen LogP contribution in [0.15, 0.2) is 18.2 Å². The van der Waals surface area contributed by atoms with Crippen molar-refractivity contribution in [3.63, 3.8) is 0 Å². The molecule has 4 nitrogen and oxygen atoms in total. The van der Waals surface area contributed by atoms with Crippen LogP contribution < -0.4 is 10.1 Å². The van der Waals surface area contributed by atoms with Crippen LogP contribution in [0, 0.1) is 0 Å². The Morgan fingerprint density at radius 3 is 2.50 bits per heavy atom. The zero-order valence-corrected chi connectivity index (χ0v) is 12.6. The maximum absolute atomic E-state index is 12.5. The van der Waals surface area contributed by atoms with E-state index in [2.05, 4.69) is 5.32 Å². The molecule has 0 aromatic heterocycles. The smallest absolute Gasteiger partial charge is 0.256 e. The maximum Gasteiger partial charge on any atom is 0.256 e. The first-order valence-electron chi connectivity index (χ1n) is 6.81. The highest BCUT2D eigenvalue weighted by Crippen LogP contribution is 2.33. The van der Waals surface area contributed by atoms with Gasteiger partial charge in [0.15, 0.2) is 0 Å². The van der Waals surface area contributed by atoms with Gasteiger partial charge >= 0.3 is 0 Å². The van der Waals surface area contributed by atoms with E-state index in [1.54, 1.807) is 32.4 Å². The Morgan fingerprint density at radius 2 is 1.95 bits per heavy atom. The molecule has 0 saturated heterocycles. The van der Waals surface area contributed by atoms with Crippen LogP contribution in [-0.2, 0) is 9.53 Å². The van der Waals surface area contributed by atoms with Crippen molar-refractivity contribution >= 4 is 23.2 Å². The summed E-state index contributed by atoms with van der Waals surface area (Å²) in [6.45, 7) is 0. The highest BCUT2D eigenvalue weighted by molar-refractivity contribution is 6.32. The van der Waals surface area contributed by atoms with Crippen molar-refractivity contribution in [1.82, 2.24) is 0 Å². The monoisotopic (exact) mass is 297 g/mol. The Kier molecular flexibility index (Phi) is 4.89. The number of hydrogen-bond acceptors (Lipinski definition) is 3. The summed E-state index contributed by atoms with van der Waals surface area (Å²) in [5, 5.41) is 3.36. The number of benzene rings is 1. The molecule has 0 heterocycles. The summed E-state index contributed by atoms with van der Waals surface area (Å²) in [6, 6.07) is 5.19. The summed E-state index contributed by atoms with van der Waals surface area (Å²) in [5.74, 6) is 0.490. The number of rotatable bonds is 4. The van der Waals surface area contributed by atoms with Gasteiger partial charge in [0.25, 0.3) is 5.91 Å². The van der Waals surface area contributed by atoms with E-state index in [1.807, 2.05) is 0 Å². The number of hydrogen-bond donors (Lipinski definition) is 1. The van der Waals surface area contributed by atoms with Crippen LogP contribution in [0.2, 0.25) is 5.02 Å². The number of halogens is 1. The molecule has 1 aliphatic carbocycles. The number of carbonyl (C=O) groups is 1. The molecule has 1 aromatic rings. The normalized spacial score (nSPS) is 17.6. The van der Waals surface area contributed by atoms with Gasteiger partial charge in [0.05, 0.1) is 12.1 Å². The Labute approximate surface area is 124 Å². The van der Waals surface area contributed by atoms with Crippen molar-refractivity contribution in [3.8, 4) is 5.75 Å². The van der Waals surface area contributed by atoms with E-state index in [4.69, 9.17) is 21.1 Å². The van der Waals surface area contributed by atoms with Crippen LogP contribution in [0.4, 0.5) is 5.69 Å². The first kappa shape index (κ1) is 15.1. The fourth-order valence-corrected chi connectivity index (χ4v) is 2.89. The third-order valence-electron chi connectivity index (χ3n) is 3.88. The Bertz CT molecular complexity index is 484. The largest absolute Gasteiger partial charge is 0.495 e. The number of ether oxygens (including phenoxy) is 2. The summed E-state index contributed by atoms with van der Waals surface area (Å²) < 4.78 is 10.6. The number of carbonyl (C=O) groups excluding carboxylic acids is 1. The van der Waals surface area contributed by atoms with E-state index in [9.17, 15) is 4.79 Å². The number of nitrogens with one attached hydrogen (secondary N) is 1. The first-order chi connectivity index (χ1) is 9.61. The lowest BCUT2D eigenvalue weighted by Crippen LogP contribution is -2.46. The van der Waals surface area contributed by atoms with E-state index in [0.29, 0.717) is 16.5 Å². The van der Waals surface area contributed by atoms with Crippen LogP contribution in [-0.4, -0.2) is 25.7 Å². The van der Waals surface area contributed by atoms with Crippen molar-refractivity contribution in [1.29, 1.82) is 0 Å². The van der Waals surface area contributed by atoms with Crippen molar-refractivity contribution < 1.29 is 14.3 Å². The number of amides is 1. The van der Waals surface area contributed by atoms with Crippen LogP contribution in [0.5, 0.6) is 5.75 Å². The van der Waals surface area contributed by atoms with Gasteiger partial charge < -0.3 is 14.8 Å². The third kappa shape index (κ3) is 3.07. The Morgan fingerprint density at radius 1 is 1.25 bits per heavy atom. The summed E-state index contributed by atoms with van der Waals surface area (Å²) in [6.07, 6.45) is 4.72. The summed E-state index contributed by atoms with van der Waals surface area (Å²) in [7, 11) is 3.16. The van der Waals surface area contributed by atoms with Crippen LogP contribution in [0.25, 0.3) is 0 Å². The van der Waals surface area contributed by atoms with Gasteiger partial charge in [-0.05, 0) is 31.0 Å². The Hall–Kier alpha value is -1.26. The zero-order chi connectivity index (χ0) is 14.6. The molecule has 20 heavy (non-hydrogen) atoms. The molecule has 1 aromatic carbocycles. The van der Waals surface area contributed by atoms with Crippen LogP contribution in [0.1, 0.15) is 32.1 Å². The molecule has 1 amide bonds. The number of anilines is 1. The van der Waals surface area contributed by atoms with Crippen LogP contribution in [0.3, 0.4) is 0 Å². The topological polar surface area (TPSA) is 47.6 Å². The van der Waals surface area contributed by atoms with Gasteiger partial charge in [0.1, 0.15) is 11.4 Å². The first-order valence-corrected chi connectivity index (χ1v) is 7.19. The molecule has 110 valence electrons. The quantitative estimate of drug-likeness (QED) is 0.923. The standard InChI is InChI=1S/C15H20ClNO3/c1-19-13-7-6-11(10-12(13)16)17-14(18)15(20-2)8-4-3-5-9-15/h6-7,10H,3-5,8-9H2,1-2H3,(H,17,18). The highest BCUT2D eigenvalue weighted by atomic mass is 35.5. The average Bonchev–Trinajstić information content (AvgIpc) is 2.48. The summed E-state index contributed by atoms with van der Waals surface area (Å²) in [4.78, 5) is 12.5. The van der Waals surface area contributed by atoms with Crippen molar-refractivity contribution in [2.45, 2.75) is 37.7 Å². The van der Waals surface area contributed by atoms with Crippen molar-refractivity contribution in [2.24, 2.45) is 0 Å². The van der Waals surface area contributed by atoms with Crippen molar-refractivity contribution in [3.05, 3.63) is 23.2 Å². The lowest BCUT2D eigenvalue weighted by atomic mass is 9.84. The lowest BCUT2D eigenvalue weighted by Gasteiger charge is -2.34. The van der Waals surface area contributed by atoms with Gasteiger partial charge in [-0.25, -0.2) is 0 Å². The molecule has 0 bridgehead atoms. The molecular formula is C15H20ClNO3. The highest BCUT2D eigenvalue weighted by Gasteiger charge is 2.39. The van der Waals surface area contributed by atoms with Crippen molar-refractivity contribution in [2.75, 3.05) is 19.5 Å². The predicted octanol–water partition coefficient (Wildman–Crippen LogP) is 3.64. The van der Waals surface area contributed by atoms with E-state index in [0.717, 1.165) is 32.1 Å². The van der Waals surface area contributed by atoms with E-state index >= 15 is 0 Å². The van der Waals surface area contributed by atoms with Gasteiger partial charge in [-0.1, -0.05) is 30.9 Å². The van der Waals surface area contributed by atoms with E-state index in [1.165, 1.54) is 0 Å². The van der Waals surface area contributed by atoms with E-state index < -0.39 is 5.60 Å². The van der Waals surface area contributed by atoms with Gasteiger partial charge in [-0.3, -0.25) is 4.79 Å². The van der Waals surface area contributed by atoms with Gasteiger partial charge in [0.2, 0.25) is 0 Å². The molecule has 1 aliphatic rings. The van der Waals surface area contributed by atoms with Crippen LogP contribution >= 0.6 is 11.6 Å². The van der Waals surface area contributed by atoms with Gasteiger partial charge in [0, 0.05) is 12.8 Å². The second kappa shape index (κ2) is 6.46. The second-order valence-electron chi connectivity index (χ2n) is 5.06. The maximum atomic E-state index is 12.5. The molecule has 0 spiro atoms. The lowest BCUT2D eigenvalue weighted by molar-refractivity contribution is -0.141. The Balaban J connectivity index is 2.12.